The molecule has 0 aliphatic heterocycles. The molecule has 0 spiro atoms. The van der Waals surface area contributed by atoms with Crippen molar-refractivity contribution < 1.29 is 9.32 Å². The smallest absolute Gasteiger partial charge is 0.253 e. The Kier molecular flexibility index (Phi) is 5.52. The van der Waals surface area contributed by atoms with Crippen LogP contribution in [0, 0.1) is 0 Å². The van der Waals surface area contributed by atoms with Crippen LogP contribution in [0.2, 0.25) is 0 Å². The summed E-state index contributed by atoms with van der Waals surface area (Å²) in [6.45, 7) is 5.32. The predicted octanol–water partition coefficient (Wildman–Crippen LogP) is 2.41. The minimum Gasteiger partial charge on any atom is -0.360 e. The van der Waals surface area contributed by atoms with Gasteiger partial charge in [0.2, 0.25) is 0 Å². The van der Waals surface area contributed by atoms with Crippen molar-refractivity contribution in [2.75, 3.05) is 18.5 Å². The SMILES string of the molecule is CCCc1cc(CNC(=O)c2ccc(N(C)CC)nc2)on1. The first kappa shape index (κ1) is 16.0. The Balaban J connectivity index is 1.91. The third kappa shape index (κ3) is 4.07. The highest BCUT2D eigenvalue weighted by atomic mass is 16.5. The van der Waals surface area contributed by atoms with Gasteiger partial charge in [0.15, 0.2) is 5.76 Å². The van der Waals surface area contributed by atoms with E-state index in [2.05, 4.69) is 22.4 Å². The number of carbonyl (C=O) groups excluding carboxylic acids is 1. The number of pyridine rings is 1. The molecule has 22 heavy (non-hydrogen) atoms. The zero-order valence-electron chi connectivity index (χ0n) is 13.3. The molecule has 0 aromatic carbocycles. The fourth-order valence-corrected chi connectivity index (χ4v) is 1.99. The van der Waals surface area contributed by atoms with Gasteiger partial charge in [0.1, 0.15) is 5.82 Å². The van der Waals surface area contributed by atoms with E-state index >= 15 is 0 Å². The lowest BCUT2D eigenvalue weighted by atomic mass is 10.2. The summed E-state index contributed by atoms with van der Waals surface area (Å²) in [5.41, 5.74) is 1.45. The summed E-state index contributed by atoms with van der Waals surface area (Å²) in [6, 6.07) is 5.49. The molecule has 0 aliphatic rings. The van der Waals surface area contributed by atoms with Gasteiger partial charge in [0.25, 0.3) is 5.91 Å². The molecule has 118 valence electrons. The topological polar surface area (TPSA) is 71.3 Å². The van der Waals surface area contributed by atoms with E-state index in [1.165, 1.54) is 0 Å². The molecule has 0 atom stereocenters. The van der Waals surface area contributed by atoms with Crippen LogP contribution < -0.4 is 10.2 Å². The molecule has 6 heteroatoms. The number of amides is 1. The summed E-state index contributed by atoms with van der Waals surface area (Å²) >= 11 is 0. The van der Waals surface area contributed by atoms with Gasteiger partial charge in [-0.25, -0.2) is 4.98 Å². The van der Waals surface area contributed by atoms with Gasteiger partial charge >= 0.3 is 0 Å². The van der Waals surface area contributed by atoms with Gasteiger partial charge in [0.05, 0.1) is 17.8 Å². The average Bonchev–Trinajstić information content (AvgIpc) is 3.00. The first-order chi connectivity index (χ1) is 10.6. The van der Waals surface area contributed by atoms with Gasteiger partial charge in [-0.15, -0.1) is 0 Å². The van der Waals surface area contributed by atoms with E-state index in [1.807, 2.05) is 31.0 Å². The number of aromatic nitrogens is 2. The number of anilines is 1. The zero-order valence-corrected chi connectivity index (χ0v) is 13.3. The molecule has 1 amide bonds. The maximum Gasteiger partial charge on any atom is 0.253 e. The van der Waals surface area contributed by atoms with Crippen molar-refractivity contribution in [2.24, 2.45) is 0 Å². The van der Waals surface area contributed by atoms with Crippen LogP contribution in [-0.4, -0.2) is 29.6 Å². The fourth-order valence-electron chi connectivity index (χ4n) is 1.99. The quantitative estimate of drug-likeness (QED) is 0.850. The van der Waals surface area contributed by atoms with Crippen LogP contribution in [0.5, 0.6) is 0 Å². The molecule has 2 heterocycles. The second kappa shape index (κ2) is 7.59. The van der Waals surface area contributed by atoms with Crippen molar-refractivity contribution in [2.45, 2.75) is 33.2 Å². The van der Waals surface area contributed by atoms with Crippen molar-refractivity contribution in [3.8, 4) is 0 Å². The molecular weight excluding hydrogens is 280 g/mol. The third-order valence-corrected chi connectivity index (χ3v) is 3.41. The van der Waals surface area contributed by atoms with Crippen molar-refractivity contribution in [3.05, 3.63) is 41.4 Å². The normalized spacial score (nSPS) is 10.5. The first-order valence-corrected chi connectivity index (χ1v) is 7.53. The second-order valence-electron chi connectivity index (χ2n) is 5.14. The highest BCUT2D eigenvalue weighted by Crippen LogP contribution is 2.10. The summed E-state index contributed by atoms with van der Waals surface area (Å²) in [4.78, 5) is 18.4. The van der Waals surface area contributed by atoms with Gasteiger partial charge in [-0.3, -0.25) is 4.79 Å². The number of nitrogens with one attached hydrogen (secondary N) is 1. The molecule has 6 nitrogen and oxygen atoms in total. The highest BCUT2D eigenvalue weighted by Gasteiger charge is 2.09. The minimum absolute atomic E-state index is 0.174. The highest BCUT2D eigenvalue weighted by molar-refractivity contribution is 5.93. The zero-order chi connectivity index (χ0) is 15.9. The van der Waals surface area contributed by atoms with E-state index in [0.717, 1.165) is 30.9 Å². The lowest BCUT2D eigenvalue weighted by Gasteiger charge is -2.15. The van der Waals surface area contributed by atoms with Gasteiger partial charge in [0, 0.05) is 25.9 Å². The number of carbonyl (C=O) groups is 1. The van der Waals surface area contributed by atoms with Crippen LogP contribution in [0.15, 0.2) is 28.9 Å². The van der Waals surface area contributed by atoms with Gasteiger partial charge in [-0.05, 0) is 25.5 Å². The number of nitrogens with zero attached hydrogens (tertiary/aromatic N) is 3. The van der Waals surface area contributed by atoms with Gasteiger partial charge in [-0.1, -0.05) is 18.5 Å². The maximum absolute atomic E-state index is 12.1. The number of hydrogen-bond donors (Lipinski definition) is 1. The Morgan fingerprint density at radius 1 is 1.36 bits per heavy atom. The van der Waals surface area contributed by atoms with Gasteiger partial charge < -0.3 is 14.7 Å². The molecule has 0 unspecified atom stereocenters. The summed E-state index contributed by atoms with van der Waals surface area (Å²) in [5, 5.41) is 6.76. The molecule has 2 aromatic heterocycles. The number of rotatable bonds is 7. The molecular formula is C16H22N4O2. The molecule has 2 rings (SSSR count). The van der Waals surface area contributed by atoms with Crippen LogP contribution in [-0.2, 0) is 13.0 Å². The van der Waals surface area contributed by atoms with Crippen molar-refractivity contribution in [3.63, 3.8) is 0 Å². The van der Waals surface area contributed by atoms with Crippen LogP contribution in [0.1, 0.15) is 42.1 Å². The van der Waals surface area contributed by atoms with Crippen LogP contribution in [0.25, 0.3) is 0 Å². The van der Waals surface area contributed by atoms with Crippen LogP contribution in [0.3, 0.4) is 0 Å². The average molecular weight is 302 g/mol. The summed E-state index contributed by atoms with van der Waals surface area (Å²) in [7, 11) is 1.96. The monoisotopic (exact) mass is 302 g/mol. The van der Waals surface area contributed by atoms with Crippen molar-refractivity contribution in [1.29, 1.82) is 0 Å². The van der Waals surface area contributed by atoms with Crippen molar-refractivity contribution >= 4 is 11.7 Å². The number of aryl methyl sites for hydroxylation is 1. The molecule has 0 saturated heterocycles. The predicted molar refractivity (Wildman–Crippen MR) is 84.8 cm³/mol. The lowest BCUT2D eigenvalue weighted by Crippen LogP contribution is -2.23. The Bertz CT molecular complexity index is 607. The molecule has 0 saturated carbocycles. The third-order valence-electron chi connectivity index (χ3n) is 3.41. The first-order valence-electron chi connectivity index (χ1n) is 7.53. The number of hydrogen-bond acceptors (Lipinski definition) is 5. The van der Waals surface area contributed by atoms with E-state index in [4.69, 9.17) is 4.52 Å². The molecule has 0 aliphatic carbocycles. The van der Waals surface area contributed by atoms with Crippen LogP contribution >= 0.6 is 0 Å². The molecule has 0 radical (unpaired) electrons. The Labute approximate surface area is 130 Å². The lowest BCUT2D eigenvalue weighted by molar-refractivity contribution is 0.0946. The largest absolute Gasteiger partial charge is 0.360 e. The standard InChI is InChI=1S/C16H22N4O2/c1-4-6-13-9-14(22-19-13)11-18-16(21)12-7-8-15(17-10-12)20(3)5-2/h7-10H,4-6,11H2,1-3H3,(H,18,21). The van der Waals surface area contributed by atoms with E-state index in [0.29, 0.717) is 17.9 Å². The van der Waals surface area contributed by atoms with Gasteiger partial charge in [-0.2, -0.15) is 0 Å². The second-order valence-corrected chi connectivity index (χ2v) is 5.14. The summed E-state index contributed by atoms with van der Waals surface area (Å²) in [6.07, 6.45) is 3.48. The maximum atomic E-state index is 12.1. The Morgan fingerprint density at radius 2 is 2.18 bits per heavy atom. The Hall–Kier alpha value is -2.37. The molecule has 0 fully saturated rings. The summed E-state index contributed by atoms with van der Waals surface area (Å²) < 4.78 is 5.18. The van der Waals surface area contributed by atoms with E-state index in [-0.39, 0.29) is 5.91 Å². The molecule has 1 N–H and O–H groups in total. The summed E-state index contributed by atoms with van der Waals surface area (Å²) in [5.74, 6) is 1.33. The molecule has 0 bridgehead atoms. The van der Waals surface area contributed by atoms with E-state index in [9.17, 15) is 4.79 Å². The van der Waals surface area contributed by atoms with Crippen molar-refractivity contribution in [1.82, 2.24) is 15.5 Å². The van der Waals surface area contributed by atoms with E-state index < -0.39 is 0 Å². The Morgan fingerprint density at radius 3 is 2.82 bits per heavy atom. The minimum atomic E-state index is -0.174. The van der Waals surface area contributed by atoms with E-state index in [1.54, 1.807) is 12.3 Å². The fraction of sp³-hybridized carbons (Fsp3) is 0.438. The molecule has 2 aromatic rings. The van der Waals surface area contributed by atoms with Crippen LogP contribution in [0.4, 0.5) is 5.82 Å².